The summed E-state index contributed by atoms with van der Waals surface area (Å²) in [4.78, 5) is 27.7. The van der Waals surface area contributed by atoms with Crippen molar-refractivity contribution in [2.45, 2.75) is 57.9 Å². The fourth-order valence-electron chi connectivity index (χ4n) is 5.31. The summed E-state index contributed by atoms with van der Waals surface area (Å²) in [5.41, 5.74) is 3.55. The monoisotopic (exact) mass is 579 g/mol. The van der Waals surface area contributed by atoms with Crippen molar-refractivity contribution in [1.29, 1.82) is 0 Å². The molecule has 1 atom stereocenters. The topological polar surface area (TPSA) is 103 Å². The number of piperidine rings is 1. The van der Waals surface area contributed by atoms with E-state index in [2.05, 4.69) is 9.88 Å². The van der Waals surface area contributed by atoms with Crippen LogP contribution in [-0.4, -0.2) is 67.4 Å². The van der Waals surface area contributed by atoms with Crippen LogP contribution < -0.4 is 4.74 Å². The van der Waals surface area contributed by atoms with Gasteiger partial charge in [0, 0.05) is 37.2 Å². The number of hydrogen-bond acceptors (Lipinski definition) is 7. The Hall–Kier alpha value is -3.60. The molecule has 0 aliphatic carbocycles. The highest BCUT2D eigenvalue weighted by molar-refractivity contribution is 6.30. The van der Waals surface area contributed by atoms with Crippen LogP contribution in [0.15, 0.2) is 42.5 Å². The molecule has 2 fully saturated rings. The summed E-state index contributed by atoms with van der Waals surface area (Å²) in [7, 11) is 0. The molecule has 3 aromatic heterocycles. The summed E-state index contributed by atoms with van der Waals surface area (Å²) in [6.07, 6.45) is 3.07. The summed E-state index contributed by atoms with van der Waals surface area (Å²) < 4.78 is 28.3. The van der Waals surface area contributed by atoms with Crippen molar-refractivity contribution in [3.05, 3.63) is 81.6 Å². The lowest BCUT2D eigenvalue weighted by molar-refractivity contribution is -0.0593. The van der Waals surface area contributed by atoms with Crippen molar-refractivity contribution in [1.82, 2.24) is 24.4 Å². The van der Waals surface area contributed by atoms with E-state index in [0.717, 1.165) is 56.0 Å². The number of fused-ring (bicyclic) bond motifs is 1. The number of halogens is 2. The van der Waals surface area contributed by atoms with Crippen LogP contribution in [0.25, 0.3) is 11.2 Å². The highest BCUT2D eigenvalue weighted by Gasteiger charge is 2.26. The van der Waals surface area contributed by atoms with Crippen LogP contribution in [-0.2, 0) is 24.2 Å². The zero-order chi connectivity index (χ0) is 28.5. The molecule has 2 aliphatic rings. The molecular weight excluding hydrogens is 549 g/mol. The molecule has 41 heavy (non-hydrogen) atoms. The molecule has 2 aliphatic heterocycles. The molecule has 0 amide bonds. The Morgan fingerprint density at radius 2 is 1.93 bits per heavy atom. The third-order valence-corrected chi connectivity index (χ3v) is 8.04. The number of carbonyl (C=O) groups is 1. The number of nitrogens with zero attached hydrogens (tertiary/aromatic N) is 5. The van der Waals surface area contributed by atoms with Crippen molar-refractivity contribution < 1.29 is 23.8 Å². The maximum Gasteiger partial charge on any atom is 0.354 e. The minimum Gasteiger partial charge on any atom is -0.477 e. The van der Waals surface area contributed by atoms with Gasteiger partial charge in [-0.2, -0.15) is 0 Å². The van der Waals surface area contributed by atoms with Gasteiger partial charge >= 0.3 is 5.97 Å². The third kappa shape index (κ3) is 6.19. The maximum absolute atomic E-state index is 14.4. The fourth-order valence-corrected chi connectivity index (χ4v) is 5.47. The van der Waals surface area contributed by atoms with Crippen LogP contribution >= 0.6 is 11.6 Å². The van der Waals surface area contributed by atoms with Gasteiger partial charge < -0.3 is 19.1 Å². The molecular formula is C30H31ClFN5O4. The van der Waals surface area contributed by atoms with Gasteiger partial charge in [0.15, 0.2) is 11.3 Å². The molecule has 0 unspecified atom stereocenters. The number of imidazole rings is 1. The van der Waals surface area contributed by atoms with Crippen molar-refractivity contribution in [2.75, 3.05) is 19.7 Å². The van der Waals surface area contributed by atoms with Crippen molar-refractivity contribution in [3.63, 3.8) is 0 Å². The first-order valence-electron chi connectivity index (χ1n) is 13.8. The number of aryl methyl sites for hydroxylation is 1. The molecule has 0 bridgehead atoms. The first-order chi connectivity index (χ1) is 19.8. The molecule has 2 saturated heterocycles. The second kappa shape index (κ2) is 11.7. The third-order valence-electron chi connectivity index (χ3n) is 7.81. The van der Waals surface area contributed by atoms with Crippen LogP contribution in [0.1, 0.15) is 52.4 Å². The number of carboxylic acids is 1. The van der Waals surface area contributed by atoms with E-state index in [0.29, 0.717) is 47.1 Å². The summed E-state index contributed by atoms with van der Waals surface area (Å²) >= 11 is 5.90. The lowest BCUT2D eigenvalue weighted by Gasteiger charge is -2.32. The molecule has 9 nitrogen and oxygen atoms in total. The lowest BCUT2D eigenvalue weighted by Crippen LogP contribution is -2.39. The zero-order valence-electron chi connectivity index (χ0n) is 22.7. The Morgan fingerprint density at radius 3 is 2.63 bits per heavy atom. The van der Waals surface area contributed by atoms with E-state index in [9.17, 15) is 14.3 Å². The van der Waals surface area contributed by atoms with Crippen molar-refractivity contribution >= 4 is 28.7 Å². The Balaban J connectivity index is 1.11. The van der Waals surface area contributed by atoms with E-state index in [4.69, 9.17) is 31.0 Å². The predicted octanol–water partition coefficient (Wildman–Crippen LogP) is 5.05. The molecule has 0 radical (unpaired) electrons. The Morgan fingerprint density at radius 1 is 1.12 bits per heavy atom. The Labute approximate surface area is 241 Å². The highest BCUT2D eigenvalue weighted by Crippen LogP contribution is 2.25. The average Bonchev–Trinajstić information content (AvgIpc) is 3.26. The highest BCUT2D eigenvalue weighted by atomic mass is 35.5. The van der Waals surface area contributed by atoms with Crippen molar-refractivity contribution in [2.24, 2.45) is 0 Å². The van der Waals surface area contributed by atoms with Crippen molar-refractivity contribution in [3.8, 4) is 5.88 Å². The second-order valence-electron chi connectivity index (χ2n) is 10.7. The molecule has 5 heterocycles. The molecule has 214 valence electrons. The quantitative estimate of drug-likeness (QED) is 0.294. The zero-order valence-corrected chi connectivity index (χ0v) is 23.5. The van der Waals surface area contributed by atoms with Crippen LogP contribution in [0.2, 0.25) is 5.02 Å². The predicted molar refractivity (Wildman–Crippen MR) is 151 cm³/mol. The minimum absolute atomic E-state index is 0.00358. The smallest absolute Gasteiger partial charge is 0.354 e. The van der Waals surface area contributed by atoms with Gasteiger partial charge in [0.1, 0.15) is 23.3 Å². The molecule has 0 spiro atoms. The number of ether oxygens (including phenoxy) is 2. The lowest BCUT2D eigenvalue weighted by atomic mass is 10.1. The average molecular weight is 580 g/mol. The molecule has 0 saturated carbocycles. The maximum atomic E-state index is 14.4. The minimum atomic E-state index is -1.06. The molecule has 11 heteroatoms. The number of carboxylic acid groups (broad SMARTS) is 1. The first-order valence-corrected chi connectivity index (χ1v) is 14.2. The SMILES string of the molecule is Cc1ccc(OC2CCN(Cc3nc4ccc(C(=O)O)nc4n3C[C@H]3CCO3)CC2)nc1Cc1ccc(Cl)cc1F. The van der Waals surface area contributed by atoms with Gasteiger partial charge in [-0.05, 0) is 61.6 Å². The first kappa shape index (κ1) is 27.6. The van der Waals surface area contributed by atoms with E-state index in [1.54, 1.807) is 18.2 Å². The van der Waals surface area contributed by atoms with Gasteiger partial charge in [-0.3, -0.25) is 4.90 Å². The molecule has 1 aromatic carbocycles. The van der Waals surface area contributed by atoms with Gasteiger partial charge in [0.2, 0.25) is 5.88 Å². The van der Waals surface area contributed by atoms with Gasteiger partial charge in [0.05, 0.1) is 24.9 Å². The standard InChI is InChI=1S/C30H31ClFN5O4/c1-18-2-7-28(34-26(18)14-19-3-4-20(31)15-23(19)32)41-21-8-11-36(12-9-21)17-27-33-24-5-6-25(30(38)39)35-29(24)37(27)16-22-10-13-40-22/h2-7,15,21-22H,8-14,16-17H2,1H3,(H,38,39)/t22-/m1/s1. The van der Waals surface area contributed by atoms with Crippen LogP contribution in [0.3, 0.4) is 0 Å². The van der Waals surface area contributed by atoms with Crippen LogP contribution in [0, 0.1) is 12.7 Å². The summed E-state index contributed by atoms with van der Waals surface area (Å²) in [5.74, 6) is -0.00931. The van der Waals surface area contributed by atoms with E-state index < -0.39 is 5.97 Å². The fraction of sp³-hybridized carbons (Fsp3) is 0.400. The molecule has 1 N–H and O–H groups in total. The molecule has 6 rings (SSSR count). The number of aromatic nitrogens is 4. The van der Waals surface area contributed by atoms with E-state index in [1.807, 2.05) is 23.6 Å². The molecule has 4 aromatic rings. The van der Waals surface area contributed by atoms with E-state index in [-0.39, 0.29) is 23.7 Å². The van der Waals surface area contributed by atoms with E-state index in [1.165, 1.54) is 12.1 Å². The van der Waals surface area contributed by atoms with Crippen LogP contribution in [0.5, 0.6) is 5.88 Å². The van der Waals surface area contributed by atoms with Gasteiger partial charge in [0.25, 0.3) is 0 Å². The summed E-state index contributed by atoms with van der Waals surface area (Å²) in [6, 6.07) is 11.7. The van der Waals surface area contributed by atoms with Crippen LogP contribution in [0.4, 0.5) is 4.39 Å². The summed E-state index contributed by atoms with van der Waals surface area (Å²) in [6.45, 7) is 5.55. The number of aromatic carboxylic acids is 1. The normalized spacial score (nSPS) is 18.0. The number of likely N-dealkylation sites (tertiary alicyclic amines) is 1. The summed E-state index contributed by atoms with van der Waals surface area (Å²) in [5, 5.41) is 9.80. The van der Waals surface area contributed by atoms with Gasteiger partial charge in [-0.25, -0.2) is 24.1 Å². The number of pyridine rings is 2. The second-order valence-corrected chi connectivity index (χ2v) is 11.1. The van der Waals surface area contributed by atoms with Gasteiger partial charge in [-0.15, -0.1) is 0 Å². The van der Waals surface area contributed by atoms with E-state index >= 15 is 0 Å². The van der Waals surface area contributed by atoms with Gasteiger partial charge in [-0.1, -0.05) is 23.7 Å². The number of hydrogen-bond donors (Lipinski definition) is 1. The number of benzene rings is 1. The Bertz CT molecular complexity index is 1580. The largest absolute Gasteiger partial charge is 0.477 e. The number of rotatable bonds is 9. The Kier molecular flexibility index (Phi) is 7.88.